The molecule has 2 unspecified atom stereocenters. The van der Waals surface area contributed by atoms with E-state index in [4.69, 9.17) is 0 Å². The molecule has 2 aliphatic rings. The molecule has 2 heteroatoms. The minimum absolute atomic E-state index is 0.585. The first kappa shape index (κ1) is 11.4. The molecule has 1 N–H and O–H groups in total. The molecule has 0 saturated carbocycles. The fourth-order valence-corrected chi connectivity index (χ4v) is 2.92. The third kappa shape index (κ3) is 2.73. The Morgan fingerprint density at radius 3 is 2.47 bits per heavy atom. The third-order valence-corrected chi connectivity index (χ3v) is 4.41. The Labute approximate surface area is 94.4 Å². The molecule has 0 aromatic carbocycles. The van der Waals surface area contributed by atoms with Crippen LogP contribution >= 0.6 is 0 Å². The number of hydrogen-bond acceptors (Lipinski definition) is 2. The van der Waals surface area contributed by atoms with Crippen LogP contribution in [0.25, 0.3) is 0 Å². The Morgan fingerprint density at radius 1 is 1.20 bits per heavy atom. The van der Waals surface area contributed by atoms with E-state index in [1.807, 2.05) is 0 Å². The number of hydrogen-bond donors (Lipinski definition) is 1. The van der Waals surface area contributed by atoms with Gasteiger partial charge in [0.05, 0.1) is 0 Å². The monoisotopic (exact) mass is 210 g/mol. The maximum Gasteiger partial charge on any atom is 0.0246 e. The summed E-state index contributed by atoms with van der Waals surface area (Å²) in [6.45, 7) is 12.3. The van der Waals surface area contributed by atoms with E-state index >= 15 is 0 Å². The molecule has 2 atom stereocenters. The lowest BCUT2D eigenvalue weighted by atomic mass is 9.81. The van der Waals surface area contributed by atoms with Crippen molar-refractivity contribution in [2.75, 3.05) is 26.2 Å². The van der Waals surface area contributed by atoms with E-state index in [0.717, 1.165) is 12.0 Å². The molecule has 2 rings (SSSR count). The summed E-state index contributed by atoms with van der Waals surface area (Å²) >= 11 is 0. The molecule has 0 aromatic rings. The van der Waals surface area contributed by atoms with Crippen LogP contribution in [-0.4, -0.2) is 37.1 Å². The lowest BCUT2D eigenvalue weighted by Gasteiger charge is -2.44. The minimum Gasteiger partial charge on any atom is -0.315 e. The van der Waals surface area contributed by atoms with Gasteiger partial charge in [-0.2, -0.15) is 0 Å². The van der Waals surface area contributed by atoms with Crippen LogP contribution < -0.4 is 5.32 Å². The van der Waals surface area contributed by atoms with Crippen molar-refractivity contribution in [3.63, 3.8) is 0 Å². The van der Waals surface area contributed by atoms with Crippen molar-refractivity contribution >= 4 is 0 Å². The quantitative estimate of drug-likeness (QED) is 0.713. The minimum atomic E-state index is 0.585. The van der Waals surface area contributed by atoms with Gasteiger partial charge in [0, 0.05) is 12.6 Å². The summed E-state index contributed by atoms with van der Waals surface area (Å²) in [6, 6.07) is 0.801. The van der Waals surface area contributed by atoms with Crippen molar-refractivity contribution < 1.29 is 0 Å². The first-order valence-electron chi connectivity index (χ1n) is 6.53. The van der Waals surface area contributed by atoms with E-state index in [0.29, 0.717) is 5.41 Å². The highest BCUT2D eigenvalue weighted by molar-refractivity contribution is 4.88. The summed E-state index contributed by atoms with van der Waals surface area (Å²) in [5.74, 6) is 0.882. The molecule has 0 aromatic heterocycles. The summed E-state index contributed by atoms with van der Waals surface area (Å²) in [5.41, 5.74) is 0.585. The topological polar surface area (TPSA) is 15.3 Å². The summed E-state index contributed by atoms with van der Waals surface area (Å²) in [7, 11) is 0. The van der Waals surface area contributed by atoms with Crippen LogP contribution in [0.1, 0.15) is 40.0 Å². The van der Waals surface area contributed by atoms with Gasteiger partial charge in [0.1, 0.15) is 0 Å². The van der Waals surface area contributed by atoms with Crippen LogP contribution in [0.3, 0.4) is 0 Å². The molecule has 2 aliphatic heterocycles. The van der Waals surface area contributed by atoms with Crippen LogP contribution in [0, 0.1) is 11.3 Å². The van der Waals surface area contributed by atoms with Gasteiger partial charge in [-0.05, 0) is 50.2 Å². The van der Waals surface area contributed by atoms with E-state index in [1.54, 1.807) is 0 Å². The lowest BCUT2D eigenvalue weighted by molar-refractivity contribution is 0.0581. The zero-order valence-electron chi connectivity index (χ0n) is 10.6. The van der Waals surface area contributed by atoms with E-state index in [1.165, 1.54) is 45.4 Å². The number of likely N-dealkylation sites (tertiary alicyclic amines) is 1. The molecular weight excluding hydrogens is 184 g/mol. The molecule has 88 valence electrons. The molecule has 0 bridgehead atoms. The van der Waals surface area contributed by atoms with Crippen LogP contribution in [0.15, 0.2) is 0 Å². The van der Waals surface area contributed by atoms with Crippen LogP contribution in [-0.2, 0) is 0 Å². The van der Waals surface area contributed by atoms with E-state index < -0.39 is 0 Å². The van der Waals surface area contributed by atoms with Gasteiger partial charge in [-0.25, -0.2) is 0 Å². The molecule has 15 heavy (non-hydrogen) atoms. The number of nitrogens with zero attached hydrogens (tertiary/aromatic N) is 1. The van der Waals surface area contributed by atoms with Gasteiger partial charge >= 0.3 is 0 Å². The Balaban J connectivity index is 1.89. The molecule has 2 saturated heterocycles. The van der Waals surface area contributed by atoms with Crippen molar-refractivity contribution in [1.29, 1.82) is 0 Å². The first-order chi connectivity index (χ1) is 7.08. The van der Waals surface area contributed by atoms with E-state index in [-0.39, 0.29) is 0 Å². The Bertz CT molecular complexity index is 203. The maximum atomic E-state index is 3.54. The molecule has 0 aliphatic carbocycles. The fraction of sp³-hybridized carbons (Fsp3) is 1.00. The summed E-state index contributed by atoms with van der Waals surface area (Å²) < 4.78 is 0. The second-order valence-corrected chi connectivity index (χ2v) is 6.24. The largest absolute Gasteiger partial charge is 0.315 e. The zero-order chi connectivity index (χ0) is 10.9. The number of nitrogens with one attached hydrogen (secondary N) is 1. The predicted molar refractivity (Wildman–Crippen MR) is 65.0 cm³/mol. The molecule has 0 spiro atoms. The average Bonchev–Trinajstić information content (AvgIpc) is 2.19. The maximum absolute atomic E-state index is 3.54. The highest BCUT2D eigenvalue weighted by Gasteiger charge is 2.32. The molecule has 2 heterocycles. The van der Waals surface area contributed by atoms with Crippen molar-refractivity contribution in [2.24, 2.45) is 11.3 Å². The van der Waals surface area contributed by atoms with Crippen LogP contribution in [0.5, 0.6) is 0 Å². The van der Waals surface area contributed by atoms with E-state index in [9.17, 15) is 0 Å². The number of piperidine rings is 2. The second kappa shape index (κ2) is 4.42. The predicted octanol–water partition coefficient (Wildman–Crippen LogP) is 2.11. The first-order valence-corrected chi connectivity index (χ1v) is 6.53. The van der Waals surface area contributed by atoms with Crippen molar-refractivity contribution in [2.45, 2.75) is 46.1 Å². The van der Waals surface area contributed by atoms with Gasteiger partial charge in [0.25, 0.3) is 0 Å². The fourth-order valence-electron chi connectivity index (χ4n) is 2.92. The Hall–Kier alpha value is -0.0800. The molecule has 0 amide bonds. The normalized spacial score (nSPS) is 37.8. The second-order valence-electron chi connectivity index (χ2n) is 6.24. The van der Waals surface area contributed by atoms with Crippen LogP contribution in [0.4, 0.5) is 0 Å². The highest BCUT2D eigenvalue weighted by Crippen LogP contribution is 2.32. The third-order valence-electron chi connectivity index (χ3n) is 4.41. The molecule has 2 fully saturated rings. The van der Waals surface area contributed by atoms with Gasteiger partial charge in [-0.15, -0.1) is 0 Å². The van der Waals surface area contributed by atoms with Crippen molar-refractivity contribution in [3.8, 4) is 0 Å². The Kier molecular flexibility index (Phi) is 3.36. The highest BCUT2D eigenvalue weighted by atomic mass is 15.2. The van der Waals surface area contributed by atoms with E-state index in [2.05, 4.69) is 31.0 Å². The van der Waals surface area contributed by atoms with Crippen molar-refractivity contribution in [3.05, 3.63) is 0 Å². The molecular formula is C13H26N2. The van der Waals surface area contributed by atoms with Crippen LogP contribution in [0.2, 0.25) is 0 Å². The van der Waals surface area contributed by atoms with Crippen molar-refractivity contribution in [1.82, 2.24) is 10.2 Å². The summed E-state index contributed by atoms with van der Waals surface area (Å²) in [4.78, 5) is 2.72. The van der Waals surface area contributed by atoms with Gasteiger partial charge in [0.15, 0.2) is 0 Å². The molecule has 0 radical (unpaired) electrons. The SMILES string of the molecule is CC1CCNCC1N1CCC(C)(C)CC1. The standard InChI is InChI=1S/C13H26N2/c1-11-4-7-14-10-12(11)15-8-5-13(2,3)6-9-15/h11-12,14H,4-10H2,1-3H3. The number of rotatable bonds is 1. The van der Waals surface area contributed by atoms with Gasteiger partial charge in [-0.3, -0.25) is 4.90 Å². The van der Waals surface area contributed by atoms with Gasteiger partial charge in [-0.1, -0.05) is 20.8 Å². The lowest BCUT2D eigenvalue weighted by Crippen LogP contribution is -2.53. The Morgan fingerprint density at radius 2 is 1.87 bits per heavy atom. The van der Waals surface area contributed by atoms with Gasteiger partial charge in [0.2, 0.25) is 0 Å². The molecule has 2 nitrogen and oxygen atoms in total. The zero-order valence-corrected chi connectivity index (χ0v) is 10.6. The average molecular weight is 210 g/mol. The summed E-state index contributed by atoms with van der Waals surface area (Å²) in [5, 5.41) is 3.54. The smallest absolute Gasteiger partial charge is 0.0246 e. The van der Waals surface area contributed by atoms with Gasteiger partial charge < -0.3 is 5.32 Å². The summed E-state index contributed by atoms with van der Waals surface area (Å²) in [6.07, 6.45) is 4.09.